The minimum atomic E-state index is -0.847. The van der Waals surface area contributed by atoms with Crippen molar-refractivity contribution in [3.05, 3.63) is 29.6 Å². The van der Waals surface area contributed by atoms with Crippen LogP contribution in [0, 0.1) is 5.82 Å². The molecule has 3 N–H and O–H groups in total. The second-order valence-electron chi connectivity index (χ2n) is 5.77. The van der Waals surface area contributed by atoms with Crippen LogP contribution in [-0.4, -0.2) is 41.8 Å². The molecule has 0 radical (unpaired) electrons. The average molecular weight is 280 g/mol. The number of likely N-dealkylation sites (tertiary alicyclic amines) is 1. The van der Waals surface area contributed by atoms with Crippen LogP contribution in [0.4, 0.5) is 4.39 Å². The number of aliphatic hydroxyl groups excluding tert-OH is 1. The van der Waals surface area contributed by atoms with Crippen molar-refractivity contribution in [2.75, 3.05) is 19.6 Å². The van der Waals surface area contributed by atoms with Crippen molar-refractivity contribution in [3.63, 3.8) is 0 Å². The van der Waals surface area contributed by atoms with Gasteiger partial charge < -0.3 is 20.5 Å². The first-order chi connectivity index (χ1) is 9.63. The van der Waals surface area contributed by atoms with E-state index in [1.54, 1.807) is 12.1 Å². The molecule has 1 aromatic carbocycles. The molecule has 0 bridgehead atoms. The third kappa shape index (κ3) is 3.11. The van der Waals surface area contributed by atoms with Gasteiger partial charge in [0.05, 0.1) is 12.2 Å². The fraction of sp³-hybridized carbons (Fsp3) is 0.600. The summed E-state index contributed by atoms with van der Waals surface area (Å²) in [5, 5.41) is 10.2. The van der Waals surface area contributed by atoms with Crippen molar-refractivity contribution in [2.24, 2.45) is 5.73 Å². The highest BCUT2D eigenvalue weighted by Crippen LogP contribution is 2.30. The summed E-state index contributed by atoms with van der Waals surface area (Å²) >= 11 is 0. The van der Waals surface area contributed by atoms with E-state index in [9.17, 15) is 9.50 Å². The summed E-state index contributed by atoms with van der Waals surface area (Å²) < 4.78 is 19.4. The molecule has 5 heteroatoms. The van der Waals surface area contributed by atoms with Crippen LogP contribution in [0.1, 0.15) is 30.9 Å². The van der Waals surface area contributed by atoms with E-state index in [0.29, 0.717) is 12.1 Å². The van der Waals surface area contributed by atoms with Crippen LogP contribution in [0.2, 0.25) is 0 Å². The van der Waals surface area contributed by atoms with Gasteiger partial charge in [0.25, 0.3) is 0 Å². The molecule has 1 saturated heterocycles. The summed E-state index contributed by atoms with van der Waals surface area (Å²) in [4.78, 5) is 2.19. The van der Waals surface area contributed by atoms with Crippen LogP contribution in [0.3, 0.4) is 0 Å². The molecule has 2 atom stereocenters. The van der Waals surface area contributed by atoms with E-state index in [1.807, 2.05) is 0 Å². The SMILES string of the molecule is N[C@H](CN1CCC1)[C@H](O)c1ccc(OC2CC2)c(F)c1. The van der Waals surface area contributed by atoms with Gasteiger partial charge >= 0.3 is 0 Å². The molecule has 1 heterocycles. The first kappa shape index (κ1) is 13.8. The number of aliphatic hydroxyl groups is 1. The Bertz CT molecular complexity index is 475. The zero-order valence-corrected chi connectivity index (χ0v) is 11.5. The number of hydrogen-bond acceptors (Lipinski definition) is 4. The van der Waals surface area contributed by atoms with Crippen molar-refractivity contribution >= 4 is 0 Å². The molecule has 2 aliphatic rings. The molecule has 4 nitrogen and oxygen atoms in total. The molecule has 0 amide bonds. The van der Waals surface area contributed by atoms with Gasteiger partial charge in [0.1, 0.15) is 0 Å². The van der Waals surface area contributed by atoms with Gasteiger partial charge in [-0.05, 0) is 50.0 Å². The van der Waals surface area contributed by atoms with Crippen molar-refractivity contribution < 1.29 is 14.2 Å². The van der Waals surface area contributed by atoms with Crippen LogP contribution in [-0.2, 0) is 0 Å². The van der Waals surface area contributed by atoms with Crippen LogP contribution >= 0.6 is 0 Å². The molecule has 110 valence electrons. The minimum Gasteiger partial charge on any atom is -0.487 e. The lowest BCUT2D eigenvalue weighted by Gasteiger charge is -2.34. The maximum absolute atomic E-state index is 13.9. The maximum atomic E-state index is 13.9. The lowest BCUT2D eigenvalue weighted by Crippen LogP contribution is -2.47. The summed E-state index contributed by atoms with van der Waals surface area (Å²) in [6, 6.07) is 4.22. The molecule has 1 saturated carbocycles. The van der Waals surface area contributed by atoms with E-state index in [1.165, 1.54) is 12.5 Å². The molecule has 1 aliphatic heterocycles. The molecule has 1 aromatic rings. The van der Waals surface area contributed by atoms with Gasteiger partial charge in [0.2, 0.25) is 0 Å². The van der Waals surface area contributed by atoms with Gasteiger partial charge in [-0.3, -0.25) is 0 Å². The molecule has 2 fully saturated rings. The van der Waals surface area contributed by atoms with Gasteiger partial charge in [0, 0.05) is 12.6 Å². The predicted octanol–water partition coefficient (Wildman–Crippen LogP) is 1.43. The van der Waals surface area contributed by atoms with Crippen LogP contribution < -0.4 is 10.5 Å². The largest absolute Gasteiger partial charge is 0.487 e. The van der Waals surface area contributed by atoms with E-state index in [4.69, 9.17) is 10.5 Å². The fourth-order valence-electron chi connectivity index (χ4n) is 2.37. The van der Waals surface area contributed by atoms with E-state index in [2.05, 4.69) is 4.90 Å². The number of benzene rings is 1. The molecule has 1 aliphatic carbocycles. The van der Waals surface area contributed by atoms with Crippen molar-refractivity contribution in [2.45, 2.75) is 37.5 Å². The van der Waals surface area contributed by atoms with Crippen LogP contribution in [0.5, 0.6) is 5.75 Å². The monoisotopic (exact) mass is 280 g/mol. The Morgan fingerprint density at radius 1 is 1.40 bits per heavy atom. The highest BCUT2D eigenvalue weighted by Gasteiger charge is 2.26. The molecular weight excluding hydrogens is 259 g/mol. The normalized spacial score (nSPS) is 22.1. The number of nitrogens with two attached hydrogens (primary N) is 1. The quantitative estimate of drug-likeness (QED) is 0.827. The van der Waals surface area contributed by atoms with Gasteiger partial charge in [0.15, 0.2) is 11.6 Å². The number of ether oxygens (including phenoxy) is 1. The summed E-state index contributed by atoms with van der Waals surface area (Å²) in [6.07, 6.45) is 2.48. The smallest absolute Gasteiger partial charge is 0.165 e. The highest BCUT2D eigenvalue weighted by molar-refractivity contribution is 5.31. The first-order valence-corrected chi connectivity index (χ1v) is 7.25. The number of halogens is 1. The molecular formula is C15H21FN2O2. The second-order valence-corrected chi connectivity index (χ2v) is 5.77. The minimum absolute atomic E-state index is 0.161. The number of nitrogens with zero attached hydrogens (tertiary/aromatic N) is 1. The molecule has 0 spiro atoms. The van der Waals surface area contributed by atoms with Crippen LogP contribution in [0.25, 0.3) is 0 Å². The number of rotatable bonds is 6. The Labute approximate surface area is 118 Å². The Hall–Kier alpha value is -1.17. The standard InChI is InChI=1S/C15H21FN2O2/c16-12-8-10(2-5-14(12)20-11-3-4-11)15(19)13(17)9-18-6-1-7-18/h2,5,8,11,13,15,19H,1,3-4,6-7,9,17H2/t13-,15-/m1/s1. The zero-order valence-electron chi connectivity index (χ0n) is 11.5. The Morgan fingerprint density at radius 2 is 2.15 bits per heavy atom. The van der Waals surface area contributed by atoms with Gasteiger partial charge in [-0.15, -0.1) is 0 Å². The van der Waals surface area contributed by atoms with E-state index >= 15 is 0 Å². The second kappa shape index (κ2) is 5.68. The van der Waals surface area contributed by atoms with E-state index in [-0.39, 0.29) is 11.9 Å². The lowest BCUT2D eigenvalue weighted by atomic mass is 10.0. The number of hydrogen-bond donors (Lipinski definition) is 2. The average Bonchev–Trinajstić information content (AvgIpc) is 3.19. The molecule has 3 rings (SSSR count). The Morgan fingerprint density at radius 3 is 2.70 bits per heavy atom. The third-order valence-corrected chi connectivity index (χ3v) is 3.94. The Balaban J connectivity index is 1.63. The molecule has 0 unspecified atom stereocenters. The third-order valence-electron chi connectivity index (χ3n) is 3.94. The van der Waals surface area contributed by atoms with Gasteiger partial charge in [-0.25, -0.2) is 4.39 Å². The zero-order chi connectivity index (χ0) is 14.1. The van der Waals surface area contributed by atoms with Crippen molar-refractivity contribution in [1.82, 2.24) is 4.90 Å². The van der Waals surface area contributed by atoms with E-state index < -0.39 is 18.0 Å². The summed E-state index contributed by atoms with van der Waals surface area (Å²) in [5.74, 6) is -0.163. The van der Waals surface area contributed by atoms with Crippen molar-refractivity contribution in [1.29, 1.82) is 0 Å². The first-order valence-electron chi connectivity index (χ1n) is 7.25. The highest BCUT2D eigenvalue weighted by atomic mass is 19.1. The summed E-state index contributed by atoms with van der Waals surface area (Å²) in [7, 11) is 0. The predicted molar refractivity (Wildman–Crippen MR) is 74.0 cm³/mol. The van der Waals surface area contributed by atoms with Gasteiger partial charge in [-0.1, -0.05) is 6.07 Å². The Kier molecular flexibility index (Phi) is 3.92. The fourth-order valence-corrected chi connectivity index (χ4v) is 2.37. The van der Waals surface area contributed by atoms with Gasteiger partial charge in [-0.2, -0.15) is 0 Å². The molecule has 20 heavy (non-hydrogen) atoms. The van der Waals surface area contributed by atoms with Crippen molar-refractivity contribution in [3.8, 4) is 5.75 Å². The summed E-state index contributed by atoms with van der Waals surface area (Å²) in [5.41, 5.74) is 6.51. The van der Waals surface area contributed by atoms with Crippen LogP contribution in [0.15, 0.2) is 18.2 Å². The topological polar surface area (TPSA) is 58.7 Å². The maximum Gasteiger partial charge on any atom is 0.165 e. The molecule has 0 aromatic heterocycles. The summed E-state index contributed by atoms with van der Waals surface area (Å²) in [6.45, 7) is 2.70. The lowest BCUT2D eigenvalue weighted by molar-refractivity contribution is 0.0953. The van der Waals surface area contributed by atoms with E-state index in [0.717, 1.165) is 25.9 Å².